The zero-order chi connectivity index (χ0) is 20.2. The van der Waals surface area contributed by atoms with Gasteiger partial charge in [0.25, 0.3) is 5.91 Å². The highest BCUT2D eigenvalue weighted by molar-refractivity contribution is 7.13. The second-order valence-corrected chi connectivity index (χ2v) is 7.14. The Labute approximate surface area is 171 Å². The van der Waals surface area contributed by atoms with Gasteiger partial charge >= 0.3 is 0 Å². The van der Waals surface area contributed by atoms with Crippen LogP contribution in [0.2, 0.25) is 0 Å². The third kappa shape index (κ3) is 4.22. The van der Waals surface area contributed by atoms with Crippen molar-refractivity contribution >= 4 is 34.5 Å². The second-order valence-electron chi connectivity index (χ2n) is 6.20. The number of aromatic nitrogens is 3. The minimum Gasteiger partial charge on any atom is -0.326 e. The monoisotopic (exact) mass is 403 g/mol. The summed E-state index contributed by atoms with van der Waals surface area (Å²) in [6, 6.07) is 20.3. The highest BCUT2D eigenvalue weighted by atomic mass is 32.1. The van der Waals surface area contributed by atoms with Crippen molar-refractivity contribution < 1.29 is 9.59 Å². The summed E-state index contributed by atoms with van der Waals surface area (Å²) in [5.74, 6) is 0.115. The lowest BCUT2D eigenvalue weighted by atomic mass is 10.2. The molecule has 0 unspecified atom stereocenters. The molecule has 2 aromatic heterocycles. The second kappa shape index (κ2) is 8.07. The molecule has 0 saturated carbocycles. The van der Waals surface area contributed by atoms with Gasteiger partial charge in [-0.3, -0.25) is 9.59 Å². The van der Waals surface area contributed by atoms with E-state index in [1.165, 1.54) is 18.3 Å². The summed E-state index contributed by atoms with van der Waals surface area (Å²) >= 11 is 1.53. The van der Waals surface area contributed by atoms with Crippen LogP contribution in [0.5, 0.6) is 0 Å². The van der Waals surface area contributed by atoms with Gasteiger partial charge in [0, 0.05) is 18.3 Å². The number of amides is 2. The maximum absolute atomic E-state index is 12.7. The maximum atomic E-state index is 12.7. The lowest BCUT2D eigenvalue weighted by Crippen LogP contribution is -2.14. The van der Waals surface area contributed by atoms with E-state index in [0.717, 1.165) is 10.6 Å². The zero-order valence-electron chi connectivity index (χ0n) is 15.5. The van der Waals surface area contributed by atoms with Crippen LogP contribution in [-0.4, -0.2) is 26.6 Å². The van der Waals surface area contributed by atoms with E-state index in [0.29, 0.717) is 17.2 Å². The summed E-state index contributed by atoms with van der Waals surface area (Å²) in [5.41, 5.74) is 2.06. The van der Waals surface area contributed by atoms with Crippen molar-refractivity contribution in [3.63, 3.8) is 0 Å². The molecule has 0 fully saturated rings. The number of benzene rings is 2. The molecule has 0 saturated heterocycles. The van der Waals surface area contributed by atoms with E-state index in [1.54, 1.807) is 28.9 Å². The van der Waals surface area contributed by atoms with Gasteiger partial charge in [-0.1, -0.05) is 24.3 Å². The molecule has 7 nitrogen and oxygen atoms in total. The number of thiophene rings is 1. The van der Waals surface area contributed by atoms with Gasteiger partial charge in [0.1, 0.15) is 0 Å². The number of para-hydroxylation sites is 1. The van der Waals surface area contributed by atoms with Gasteiger partial charge in [-0.05, 0) is 47.8 Å². The SMILES string of the molecule is CC(=O)Nc1ccc(NC(=O)c2nc(-c3cccs3)n(-c3ccccc3)n2)cc1. The highest BCUT2D eigenvalue weighted by Gasteiger charge is 2.19. The molecule has 0 aliphatic carbocycles. The first-order valence-electron chi connectivity index (χ1n) is 8.85. The van der Waals surface area contributed by atoms with Gasteiger partial charge in [-0.2, -0.15) is 0 Å². The first-order chi connectivity index (χ1) is 14.1. The van der Waals surface area contributed by atoms with E-state index in [-0.39, 0.29) is 11.7 Å². The Morgan fingerprint density at radius 2 is 1.59 bits per heavy atom. The lowest BCUT2D eigenvalue weighted by Gasteiger charge is -2.05. The number of nitrogens with one attached hydrogen (secondary N) is 2. The molecular weight excluding hydrogens is 386 g/mol. The standard InChI is InChI=1S/C21H17N5O2S/c1-14(27)22-15-9-11-16(12-10-15)23-21(28)19-24-20(18-8-5-13-29-18)26(25-19)17-6-3-2-4-7-17/h2-13H,1H3,(H,22,27)(H,23,28). The summed E-state index contributed by atoms with van der Waals surface area (Å²) in [6.07, 6.45) is 0. The van der Waals surface area contributed by atoms with Crippen molar-refractivity contribution in [3.05, 3.63) is 77.9 Å². The van der Waals surface area contributed by atoms with Crippen LogP contribution in [0.15, 0.2) is 72.1 Å². The fourth-order valence-corrected chi connectivity index (χ4v) is 3.45. The molecule has 0 spiro atoms. The van der Waals surface area contributed by atoms with Crippen LogP contribution in [0.3, 0.4) is 0 Å². The maximum Gasteiger partial charge on any atom is 0.295 e. The van der Waals surface area contributed by atoms with E-state index < -0.39 is 5.91 Å². The first-order valence-corrected chi connectivity index (χ1v) is 9.73. The molecule has 0 radical (unpaired) electrons. The topological polar surface area (TPSA) is 88.9 Å². The third-order valence-electron chi connectivity index (χ3n) is 4.02. The van der Waals surface area contributed by atoms with Crippen molar-refractivity contribution in [2.24, 2.45) is 0 Å². The Kier molecular flexibility index (Phi) is 5.17. The molecule has 8 heteroatoms. The summed E-state index contributed by atoms with van der Waals surface area (Å²) in [6.45, 7) is 1.44. The van der Waals surface area contributed by atoms with Crippen molar-refractivity contribution in [2.45, 2.75) is 6.92 Å². The van der Waals surface area contributed by atoms with E-state index in [1.807, 2.05) is 47.8 Å². The van der Waals surface area contributed by atoms with E-state index >= 15 is 0 Å². The van der Waals surface area contributed by atoms with Crippen molar-refractivity contribution in [1.82, 2.24) is 14.8 Å². The Balaban J connectivity index is 1.61. The van der Waals surface area contributed by atoms with Gasteiger partial charge in [0.2, 0.25) is 11.7 Å². The van der Waals surface area contributed by atoms with E-state index in [2.05, 4.69) is 20.7 Å². The molecular formula is C21H17N5O2S. The van der Waals surface area contributed by atoms with Crippen molar-refractivity contribution in [2.75, 3.05) is 10.6 Å². The number of hydrogen-bond donors (Lipinski definition) is 2. The quantitative estimate of drug-likeness (QED) is 0.522. The number of carbonyl (C=O) groups is 2. The normalized spacial score (nSPS) is 10.5. The molecule has 0 aliphatic heterocycles. The summed E-state index contributed by atoms with van der Waals surface area (Å²) in [5, 5.41) is 11.9. The first kappa shape index (κ1) is 18.6. The minimum atomic E-state index is -0.412. The highest BCUT2D eigenvalue weighted by Crippen LogP contribution is 2.25. The molecule has 29 heavy (non-hydrogen) atoms. The smallest absolute Gasteiger partial charge is 0.295 e. The van der Waals surface area contributed by atoms with Gasteiger partial charge in [0.05, 0.1) is 10.6 Å². The number of carbonyl (C=O) groups excluding carboxylic acids is 2. The Morgan fingerprint density at radius 1 is 0.897 bits per heavy atom. The molecule has 144 valence electrons. The molecule has 0 aliphatic rings. The van der Waals surface area contributed by atoms with Crippen molar-refractivity contribution in [1.29, 1.82) is 0 Å². The summed E-state index contributed by atoms with van der Waals surface area (Å²) in [4.78, 5) is 29.2. The molecule has 2 aromatic carbocycles. The van der Waals surface area contributed by atoms with E-state index in [4.69, 9.17) is 0 Å². The van der Waals surface area contributed by atoms with Crippen LogP contribution in [-0.2, 0) is 4.79 Å². The molecule has 2 N–H and O–H groups in total. The number of anilines is 2. The Morgan fingerprint density at radius 3 is 2.21 bits per heavy atom. The van der Waals surface area contributed by atoms with Crippen LogP contribution in [0.1, 0.15) is 17.5 Å². The average Bonchev–Trinajstić information content (AvgIpc) is 3.39. The zero-order valence-corrected chi connectivity index (χ0v) is 16.3. The van der Waals surface area contributed by atoms with Gasteiger partial charge < -0.3 is 10.6 Å². The Bertz CT molecular complexity index is 1140. The third-order valence-corrected chi connectivity index (χ3v) is 4.88. The van der Waals surface area contributed by atoms with Crippen LogP contribution < -0.4 is 10.6 Å². The van der Waals surface area contributed by atoms with Crippen LogP contribution in [0.4, 0.5) is 11.4 Å². The van der Waals surface area contributed by atoms with Gasteiger partial charge in [0.15, 0.2) is 5.82 Å². The molecule has 2 amide bonds. The molecule has 0 bridgehead atoms. The van der Waals surface area contributed by atoms with E-state index in [9.17, 15) is 9.59 Å². The van der Waals surface area contributed by atoms with Crippen molar-refractivity contribution in [3.8, 4) is 16.4 Å². The number of hydrogen-bond acceptors (Lipinski definition) is 5. The molecule has 4 rings (SSSR count). The number of nitrogens with zero attached hydrogens (tertiary/aromatic N) is 3. The fourth-order valence-electron chi connectivity index (χ4n) is 2.75. The van der Waals surface area contributed by atoms with Gasteiger partial charge in [-0.15, -0.1) is 16.4 Å². The fraction of sp³-hybridized carbons (Fsp3) is 0.0476. The Hall–Kier alpha value is -3.78. The largest absolute Gasteiger partial charge is 0.326 e. The predicted octanol–water partition coefficient (Wildman–Crippen LogP) is 4.21. The van der Waals surface area contributed by atoms with Gasteiger partial charge in [-0.25, -0.2) is 9.67 Å². The molecule has 2 heterocycles. The van der Waals surface area contributed by atoms with Crippen LogP contribution >= 0.6 is 11.3 Å². The molecule has 4 aromatic rings. The summed E-state index contributed by atoms with van der Waals surface area (Å²) in [7, 11) is 0. The lowest BCUT2D eigenvalue weighted by molar-refractivity contribution is -0.114. The predicted molar refractivity (Wildman–Crippen MR) is 113 cm³/mol. The number of rotatable bonds is 5. The molecule has 0 atom stereocenters. The average molecular weight is 403 g/mol. The minimum absolute atomic E-state index is 0.0724. The summed E-state index contributed by atoms with van der Waals surface area (Å²) < 4.78 is 1.67. The van der Waals surface area contributed by atoms with Crippen LogP contribution in [0, 0.1) is 0 Å². The van der Waals surface area contributed by atoms with Crippen LogP contribution in [0.25, 0.3) is 16.4 Å².